The van der Waals surface area contributed by atoms with Crippen LogP contribution in [0.3, 0.4) is 0 Å². The molecule has 0 radical (unpaired) electrons. The van der Waals surface area contributed by atoms with E-state index in [1.165, 1.54) is 6.07 Å². The smallest absolute Gasteiger partial charge is 0.321 e. The Kier molecular flexibility index (Phi) is 6.85. The maximum Gasteiger partial charge on any atom is 0.457 e. The zero-order valence-electron chi connectivity index (χ0n) is 17.4. The van der Waals surface area contributed by atoms with E-state index in [1.807, 2.05) is 0 Å². The summed E-state index contributed by atoms with van der Waals surface area (Å²) in [4.78, 5) is 22.6. The van der Waals surface area contributed by atoms with Gasteiger partial charge in [0.25, 0.3) is 11.6 Å². The van der Waals surface area contributed by atoms with Crippen molar-refractivity contribution in [2.75, 3.05) is 5.32 Å². The molecular weight excluding hydrogens is 501 g/mol. The average molecular weight is 513 g/mol. The van der Waals surface area contributed by atoms with E-state index in [0.717, 1.165) is 26.0 Å². The number of nitrogens with zero attached hydrogens (tertiary/aromatic N) is 2. The molecule has 15 heteroatoms. The molecule has 0 heterocycles. The molecular formula is C20H12F9N3O3. The summed E-state index contributed by atoms with van der Waals surface area (Å²) in [5.74, 6) is -7.96. The summed E-state index contributed by atoms with van der Waals surface area (Å²) in [6, 6.07) is 4.34. The van der Waals surface area contributed by atoms with Crippen LogP contribution in [0.4, 0.5) is 50.9 Å². The quantitative estimate of drug-likeness (QED) is 0.290. The molecule has 0 spiro atoms. The van der Waals surface area contributed by atoms with Gasteiger partial charge >= 0.3 is 23.9 Å². The number of hydrogen-bond donors (Lipinski definition) is 1. The molecule has 188 valence electrons. The normalized spacial score (nSPS) is 14.1. The number of rotatable bonds is 5. The van der Waals surface area contributed by atoms with Gasteiger partial charge in [-0.2, -0.15) is 40.4 Å². The van der Waals surface area contributed by atoms with E-state index >= 15 is 0 Å². The van der Waals surface area contributed by atoms with Crippen LogP contribution < -0.4 is 5.32 Å². The zero-order chi connectivity index (χ0) is 27.1. The summed E-state index contributed by atoms with van der Waals surface area (Å²) < 4.78 is 120. The summed E-state index contributed by atoms with van der Waals surface area (Å²) in [6.07, 6.45) is -13.6. The number of carbonyl (C=O) groups excluding carboxylic acids is 1. The second kappa shape index (κ2) is 8.75. The first-order chi connectivity index (χ1) is 15.8. The van der Waals surface area contributed by atoms with Gasteiger partial charge in [-0.3, -0.25) is 14.9 Å². The Bertz CT molecular complexity index is 1210. The Hall–Kier alpha value is -3.83. The van der Waals surface area contributed by atoms with Gasteiger partial charge in [0.2, 0.25) is 0 Å². The predicted molar refractivity (Wildman–Crippen MR) is 102 cm³/mol. The molecule has 0 fully saturated rings. The first-order valence-electron chi connectivity index (χ1n) is 9.11. The highest BCUT2D eigenvalue weighted by molar-refractivity contribution is 6.05. The van der Waals surface area contributed by atoms with Crippen LogP contribution >= 0.6 is 0 Å². The standard InChI is InChI=1S/C20H12F9N3O3/c1-9-5-13(17(21,19(24,25)26)18(22,23)20(27,28)29)6-10(2)15(9)31-16(33)11-3-4-12(8-30)14(7-11)32(34)35/h3-7H,1-2H3,(H,31,33). The van der Waals surface area contributed by atoms with Crippen molar-refractivity contribution in [3.8, 4) is 6.07 Å². The largest absolute Gasteiger partial charge is 0.457 e. The van der Waals surface area contributed by atoms with Crippen LogP contribution in [0.15, 0.2) is 30.3 Å². The molecule has 6 nitrogen and oxygen atoms in total. The number of nitro benzene ring substituents is 1. The molecule has 1 N–H and O–H groups in total. The first-order valence-corrected chi connectivity index (χ1v) is 9.11. The molecule has 0 aliphatic heterocycles. The Morgan fingerprint density at radius 1 is 0.943 bits per heavy atom. The van der Waals surface area contributed by atoms with Gasteiger partial charge in [-0.15, -0.1) is 0 Å². The molecule has 0 aliphatic carbocycles. The van der Waals surface area contributed by atoms with Crippen LogP contribution in [0.1, 0.15) is 32.6 Å². The molecule has 0 aliphatic rings. The van der Waals surface area contributed by atoms with E-state index in [-0.39, 0.29) is 23.4 Å². The molecule has 1 unspecified atom stereocenters. The summed E-state index contributed by atoms with van der Waals surface area (Å²) in [5, 5.41) is 22.0. The Labute approximate surface area is 190 Å². The maximum absolute atomic E-state index is 14.7. The molecule has 0 saturated carbocycles. The molecule has 2 aromatic carbocycles. The topological polar surface area (TPSA) is 96.0 Å². The number of halogens is 9. The zero-order valence-corrected chi connectivity index (χ0v) is 17.4. The minimum absolute atomic E-state index is 0.0803. The molecule has 1 amide bonds. The van der Waals surface area contributed by atoms with Gasteiger partial charge in [0.05, 0.1) is 4.92 Å². The summed E-state index contributed by atoms with van der Waals surface area (Å²) >= 11 is 0. The summed E-state index contributed by atoms with van der Waals surface area (Å²) in [7, 11) is 0. The van der Waals surface area contributed by atoms with Gasteiger partial charge in [-0.1, -0.05) is 12.1 Å². The number of benzene rings is 2. The van der Waals surface area contributed by atoms with E-state index in [9.17, 15) is 54.4 Å². The van der Waals surface area contributed by atoms with Crippen molar-refractivity contribution in [3.63, 3.8) is 0 Å². The van der Waals surface area contributed by atoms with E-state index in [2.05, 4.69) is 5.32 Å². The third kappa shape index (κ3) is 4.60. The number of carbonyl (C=O) groups is 1. The summed E-state index contributed by atoms with van der Waals surface area (Å²) in [6.45, 7) is 1.83. The third-order valence-electron chi connectivity index (χ3n) is 4.93. The van der Waals surface area contributed by atoms with Gasteiger partial charge in [0.1, 0.15) is 11.6 Å². The third-order valence-corrected chi connectivity index (χ3v) is 4.93. The van der Waals surface area contributed by atoms with Crippen molar-refractivity contribution in [2.24, 2.45) is 0 Å². The van der Waals surface area contributed by atoms with Gasteiger partial charge in [0.15, 0.2) is 0 Å². The van der Waals surface area contributed by atoms with E-state index in [1.54, 1.807) is 0 Å². The van der Waals surface area contributed by atoms with Gasteiger partial charge in [0, 0.05) is 22.9 Å². The highest BCUT2D eigenvalue weighted by Crippen LogP contribution is 2.58. The number of nitriles is 1. The van der Waals surface area contributed by atoms with Crippen LogP contribution in [0.25, 0.3) is 0 Å². The monoisotopic (exact) mass is 513 g/mol. The lowest BCUT2D eigenvalue weighted by Gasteiger charge is -2.36. The van der Waals surface area contributed by atoms with Crippen LogP contribution in [0, 0.1) is 35.3 Å². The fourth-order valence-corrected chi connectivity index (χ4v) is 3.18. The molecule has 35 heavy (non-hydrogen) atoms. The number of amides is 1. The number of nitrogens with one attached hydrogen (secondary N) is 1. The lowest BCUT2D eigenvalue weighted by Crippen LogP contribution is -2.59. The average Bonchev–Trinajstić information content (AvgIpc) is 2.72. The minimum Gasteiger partial charge on any atom is -0.321 e. The number of anilines is 1. The molecule has 0 aromatic heterocycles. The van der Waals surface area contributed by atoms with E-state index in [0.29, 0.717) is 6.07 Å². The number of alkyl halides is 9. The number of nitro groups is 1. The van der Waals surface area contributed by atoms with Crippen molar-refractivity contribution >= 4 is 17.3 Å². The lowest BCUT2D eigenvalue weighted by atomic mass is 9.85. The van der Waals surface area contributed by atoms with Crippen LogP contribution in [-0.2, 0) is 5.67 Å². The van der Waals surface area contributed by atoms with E-state index in [4.69, 9.17) is 5.26 Å². The van der Waals surface area contributed by atoms with Crippen molar-refractivity contribution < 1.29 is 49.2 Å². The Balaban J connectivity index is 2.58. The van der Waals surface area contributed by atoms with Crippen molar-refractivity contribution in [2.45, 2.75) is 37.8 Å². The maximum atomic E-state index is 14.7. The van der Waals surface area contributed by atoms with Crippen LogP contribution in [0.5, 0.6) is 0 Å². The highest BCUT2D eigenvalue weighted by Gasteiger charge is 2.81. The molecule has 2 rings (SSSR count). The van der Waals surface area contributed by atoms with Crippen molar-refractivity contribution in [3.05, 3.63) is 68.3 Å². The number of aryl methyl sites for hydroxylation is 2. The predicted octanol–water partition coefficient (Wildman–Crippen LogP) is 6.26. The van der Waals surface area contributed by atoms with Gasteiger partial charge < -0.3 is 5.32 Å². The fourth-order valence-electron chi connectivity index (χ4n) is 3.18. The SMILES string of the molecule is Cc1cc(C(F)(C(F)(F)F)C(F)(F)C(F)(F)F)cc(C)c1NC(=O)c1ccc(C#N)c([N+](=O)[O-])c1. The highest BCUT2D eigenvalue weighted by atomic mass is 19.4. The molecule has 1 atom stereocenters. The first kappa shape index (κ1) is 27.4. The molecule has 2 aromatic rings. The van der Waals surface area contributed by atoms with Crippen molar-refractivity contribution in [1.29, 1.82) is 5.26 Å². The Morgan fingerprint density at radius 3 is 1.86 bits per heavy atom. The number of hydrogen-bond acceptors (Lipinski definition) is 4. The Morgan fingerprint density at radius 2 is 1.46 bits per heavy atom. The summed E-state index contributed by atoms with van der Waals surface area (Å²) in [5.41, 5.74) is -11.1. The van der Waals surface area contributed by atoms with Crippen molar-refractivity contribution in [1.82, 2.24) is 0 Å². The van der Waals surface area contributed by atoms with Crippen LogP contribution in [0.2, 0.25) is 0 Å². The van der Waals surface area contributed by atoms with Gasteiger partial charge in [-0.25, -0.2) is 4.39 Å². The lowest BCUT2D eigenvalue weighted by molar-refractivity contribution is -0.389. The van der Waals surface area contributed by atoms with Gasteiger partial charge in [-0.05, 0) is 37.1 Å². The minimum atomic E-state index is -6.89. The molecule has 0 saturated heterocycles. The fraction of sp³-hybridized carbons (Fsp3) is 0.300. The second-order valence-corrected chi connectivity index (χ2v) is 7.27. The molecule has 0 bridgehead atoms. The second-order valence-electron chi connectivity index (χ2n) is 7.27. The van der Waals surface area contributed by atoms with E-state index < -0.39 is 62.7 Å². The van der Waals surface area contributed by atoms with Crippen LogP contribution in [-0.4, -0.2) is 29.1 Å².